The Morgan fingerprint density at radius 2 is 1.90 bits per heavy atom. The molecule has 0 atom stereocenters. The van der Waals surface area contributed by atoms with Crippen LogP contribution in [-0.2, 0) is 16.1 Å². The molecule has 1 aromatic carbocycles. The highest BCUT2D eigenvalue weighted by atomic mass is 16.2. The van der Waals surface area contributed by atoms with E-state index in [2.05, 4.69) is 0 Å². The molecule has 1 aromatic rings. The quantitative estimate of drug-likeness (QED) is 0.700. The summed E-state index contributed by atoms with van der Waals surface area (Å²) in [7, 11) is 1.80. The molecule has 1 aliphatic rings. The summed E-state index contributed by atoms with van der Waals surface area (Å²) in [6.45, 7) is 0.642. The van der Waals surface area contributed by atoms with E-state index in [9.17, 15) is 9.59 Å². The van der Waals surface area contributed by atoms with Crippen LogP contribution in [0.3, 0.4) is 0 Å². The van der Waals surface area contributed by atoms with Crippen molar-refractivity contribution >= 4 is 17.5 Å². The van der Waals surface area contributed by atoms with Crippen LogP contribution in [0.15, 0.2) is 24.3 Å². The second kappa shape index (κ2) is 6.58. The Hall–Kier alpha value is -2.08. The van der Waals surface area contributed by atoms with Crippen molar-refractivity contribution in [3.63, 3.8) is 0 Å². The lowest BCUT2D eigenvalue weighted by molar-refractivity contribution is -0.132. The molecule has 2 rings (SSSR count). The van der Waals surface area contributed by atoms with E-state index in [1.54, 1.807) is 22.9 Å². The average molecular weight is 290 g/mol. The summed E-state index contributed by atoms with van der Waals surface area (Å²) in [5.74, 6) is -0.445. The van der Waals surface area contributed by atoms with E-state index >= 15 is 0 Å². The zero-order chi connectivity index (χ0) is 15.4. The van der Waals surface area contributed by atoms with Gasteiger partial charge in [-0.1, -0.05) is 18.2 Å². The molecular weight excluding hydrogens is 268 g/mol. The van der Waals surface area contributed by atoms with Crippen molar-refractivity contribution in [2.45, 2.75) is 25.4 Å². The molecule has 4 N–H and O–H groups in total. The van der Waals surface area contributed by atoms with E-state index in [0.717, 1.165) is 18.4 Å². The summed E-state index contributed by atoms with van der Waals surface area (Å²) >= 11 is 0. The number of rotatable bonds is 7. The summed E-state index contributed by atoms with van der Waals surface area (Å²) in [4.78, 5) is 26.9. The van der Waals surface area contributed by atoms with E-state index in [4.69, 9.17) is 11.5 Å². The molecule has 0 heterocycles. The molecule has 114 valence electrons. The fraction of sp³-hybridized carbons (Fsp3) is 0.467. The summed E-state index contributed by atoms with van der Waals surface area (Å²) in [5, 5.41) is 0. The molecular formula is C15H22N4O2. The van der Waals surface area contributed by atoms with E-state index in [1.165, 1.54) is 0 Å². The smallest absolute Gasteiger partial charge is 0.236 e. The van der Waals surface area contributed by atoms with Gasteiger partial charge in [0.1, 0.15) is 0 Å². The van der Waals surface area contributed by atoms with Crippen molar-refractivity contribution in [1.82, 2.24) is 9.80 Å². The predicted octanol–water partition coefficient (Wildman–Crippen LogP) is 0.177. The standard InChI is InChI=1S/C15H22N4O2/c1-18(12-6-7-12)15(21)10-19(9-14(17)20)8-11-4-2-3-5-13(11)16/h2-5,12H,6-10,16H2,1H3,(H2,17,20). The van der Waals surface area contributed by atoms with Gasteiger partial charge in [0.05, 0.1) is 13.1 Å². The van der Waals surface area contributed by atoms with E-state index < -0.39 is 5.91 Å². The Balaban J connectivity index is 2.01. The number of hydrogen-bond acceptors (Lipinski definition) is 4. The molecule has 2 amide bonds. The molecule has 6 nitrogen and oxygen atoms in total. The number of primary amides is 1. The summed E-state index contributed by atoms with van der Waals surface area (Å²) in [6, 6.07) is 7.78. The van der Waals surface area contributed by atoms with Crippen molar-refractivity contribution in [3.05, 3.63) is 29.8 Å². The Kier molecular flexibility index (Phi) is 4.80. The number of nitrogen functional groups attached to an aromatic ring is 1. The van der Waals surface area contributed by atoms with E-state index in [0.29, 0.717) is 18.3 Å². The first kappa shape index (κ1) is 15.3. The number of carbonyl (C=O) groups is 2. The molecule has 1 aliphatic carbocycles. The van der Waals surface area contributed by atoms with Gasteiger partial charge in [-0.05, 0) is 24.5 Å². The van der Waals surface area contributed by atoms with Gasteiger partial charge in [0, 0.05) is 25.3 Å². The zero-order valence-corrected chi connectivity index (χ0v) is 12.3. The third-order valence-electron chi connectivity index (χ3n) is 3.68. The maximum absolute atomic E-state index is 12.2. The second-order valence-corrected chi connectivity index (χ2v) is 5.55. The first-order valence-electron chi connectivity index (χ1n) is 7.07. The number of para-hydroxylation sites is 1. The molecule has 0 radical (unpaired) electrons. The minimum Gasteiger partial charge on any atom is -0.398 e. The first-order chi connectivity index (χ1) is 9.97. The van der Waals surface area contributed by atoms with Crippen molar-refractivity contribution in [3.8, 4) is 0 Å². The molecule has 1 fully saturated rings. The van der Waals surface area contributed by atoms with Crippen LogP contribution in [0.2, 0.25) is 0 Å². The second-order valence-electron chi connectivity index (χ2n) is 5.55. The highest BCUT2D eigenvalue weighted by molar-refractivity contribution is 5.80. The summed E-state index contributed by atoms with van der Waals surface area (Å²) in [6.07, 6.45) is 2.12. The van der Waals surface area contributed by atoms with Crippen molar-refractivity contribution in [2.24, 2.45) is 5.73 Å². The minimum absolute atomic E-state index is 0.00764. The molecule has 0 aromatic heterocycles. The molecule has 0 saturated heterocycles. The summed E-state index contributed by atoms with van der Waals surface area (Å²) in [5.41, 5.74) is 12.7. The number of likely N-dealkylation sites (N-methyl/N-ethyl adjacent to an activating group) is 1. The molecule has 0 unspecified atom stereocenters. The van der Waals surface area contributed by atoms with Gasteiger partial charge in [0.15, 0.2) is 0 Å². The van der Waals surface area contributed by atoms with E-state index in [-0.39, 0.29) is 19.0 Å². The SMILES string of the molecule is CN(C(=O)CN(CC(N)=O)Cc1ccccc1N)C1CC1. The fourth-order valence-electron chi connectivity index (χ4n) is 2.28. The maximum atomic E-state index is 12.2. The monoisotopic (exact) mass is 290 g/mol. The van der Waals surface area contributed by atoms with Crippen LogP contribution in [-0.4, -0.2) is 47.8 Å². The van der Waals surface area contributed by atoms with Gasteiger partial charge in [-0.3, -0.25) is 14.5 Å². The van der Waals surface area contributed by atoms with Gasteiger partial charge in [0.25, 0.3) is 0 Å². The largest absolute Gasteiger partial charge is 0.398 e. The number of nitrogens with zero attached hydrogens (tertiary/aromatic N) is 2. The van der Waals surface area contributed by atoms with Crippen molar-refractivity contribution in [1.29, 1.82) is 0 Å². The van der Waals surface area contributed by atoms with Crippen LogP contribution in [0.1, 0.15) is 18.4 Å². The molecule has 0 bridgehead atoms. The third kappa shape index (κ3) is 4.46. The van der Waals surface area contributed by atoms with Crippen molar-refractivity contribution < 1.29 is 9.59 Å². The minimum atomic E-state index is -0.452. The van der Waals surface area contributed by atoms with Gasteiger partial charge >= 0.3 is 0 Å². The number of hydrogen-bond donors (Lipinski definition) is 2. The van der Waals surface area contributed by atoms with Crippen LogP contribution in [0, 0.1) is 0 Å². The average Bonchev–Trinajstić information content (AvgIpc) is 3.24. The lowest BCUT2D eigenvalue weighted by atomic mass is 10.1. The number of benzene rings is 1. The van der Waals surface area contributed by atoms with Crippen LogP contribution in [0.4, 0.5) is 5.69 Å². The molecule has 6 heteroatoms. The Bertz CT molecular complexity index is 528. The van der Waals surface area contributed by atoms with Gasteiger partial charge in [-0.15, -0.1) is 0 Å². The lowest BCUT2D eigenvalue weighted by Gasteiger charge is -2.24. The van der Waals surface area contributed by atoms with Crippen LogP contribution in [0.5, 0.6) is 0 Å². The number of nitrogens with two attached hydrogens (primary N) is 2. The summed E-state index contributed by atoms with van der Waals surface area (Å²) < 4.78 is 0. The molecule has 21 heavy (non-hydrogen) atoms. The van der Waals surface area contributed by atoms with Gasteiger partial charge in [-0.25, -0.2) is 0 Å². The van der Waals surface area contributed by atoms with E-state index in [1.807, 2.05) is 18.2 Å². The van der Waals surface area contributed by atoms with Gasteiger partial charge < -0.3 is 16.4 Å². The highest BCUT2D eigenvalue weighted by Crippen LogP contribution is 2.25. The first-order valence-corrected chi connectivity index (χ1v) is 7.07. The van der Waals surface area contributed by atoms with Crippen LogP contribution >= 0.6 is 0 Å². The molecule has 1 saturated carbocycles. The predicted molar refractivity (Wildman–Crippen MR) is 81.1 cm³/mol. The molecule has 0 spiro atoms. The fourth-order valence-corrected chi connectivity index (χ4v) is 2.28. The zero-order valence-electron chi connectivity index (χ0n) is 12.3. The Labute approximate surface area is 124 Å². The van der Waals surface area contributed by atoms with Gasteiger partial charge in [-0.2, -0.15) is 0 Å². The lowest BCUT2D eigenvalue weighted by Crippen LogP contribution is -2.42. The van der Waals surface area contributed by atoms with Gasteiger partial charge in [0.2, 0.25) is 11.8 Å². The molecule has 0 aliphatic heterocycles. The van der Waals surface area contributed by atoms with Crippen LogP contribution in [0.25, 0.3) is 0 Å². The normalized spacial score (nSPS) is 14.2. The van der Waals surface area contributed by atoms with Crippen molar-refractivity contribution in [2.75, 3.05) is 25.9 Å². The topological polar surface area (TPSA) is 92.7 Å². The number of amides is 2. The maximum Gasteiger partial charge on any atom is 0.236 e. The Morgan fingerprint density at radius 3 is 2.48 bits per heavy atom. The Morgan fingerprint density at radius 1 is 1.24 bits per heavy atom. The number of carbonyl (C=O) groups excluding carboxylic acids is 2. The highest BCUT2D eigenvalue weighted by Gasteiger charge is 2.30. The van der Waals surface area contributed by atoms with Crippen LogP contribution < -0.4 is 11.5 Å². The number of anilines is 1. The third-order valence-corrected chi connectivity index (χ3v) is 3.68.